The number of ether oxygens (including phenoxy) is 1. The third-order valence-electron chi connectivity index (χ3n) is 7.18. The van der Waals surface area contributed by atoms with Crippen molar-refractivity contribution < 1.29 is 18.8 Å². The van der Waals surface area contributed by atoms with E-state index in [4.69, 9.17) is 14.2 Å². The van der Waals surface area contributed by atoms with Crippen LogP contribution >= 0.6 is 0 Å². The summed E-state index contributed by atoms with van der Waals surface area (Å²) in [4.78, 5) is 29.2. The van der Waals surface area contributed by atoms with Crippen LogP contribution in [-0.4, -0.2) is 33.7 Å². The number of imidazole rings is 1. The quantitative estimate of drug-likeness (QED) is 0.585. The Morgan fingerprint density at radius 2 is 1.97 bits per heavy atom. The molecule has 33 heavy (non-hydrogen) atoms. The summed E-state index contributed by atoms with van der Waals surface area (Å²) in [5.41, 5.74) is 4.83. The first-order valence-electron chi connectivity index (χ1n) is 11.8. The van der Waals surface area contributed by atoms with E-state index in [-0.39, 0.29) is 29.9 Å². The molecule has 1 aliphatic heterocycles. The lowest BCUT2D eigenvalue weighted by molar-refractivity contribution is -0.146. The molecule has 5 rings (SSSR count). The van der Waals surface area contributed by atoms with Gasteiger partial charge in [-0.15, -0.1) is 0 Å². The number of esters is 1. The molecule has 3 aromatic rings. The van der Waals surface area contributed by atoms with Gasteiger partial charge in [0.15, 0.2) is 0 Å². The van der Waals surface area contributed by atoms with Crippen molar-refractivity contribution in [3.8, 4) is 11.1 Å². The molecule has 1 amide bonds. The molecule has 1 saturated carbocycles. The van der Waals surface area contributed by atoms with Crippen molar-refractivity contribution >= 4 is 22.9 Å². The molecule has 8 heteroatoms. The van der Waals surface area contributed by atoms with E-state index in [1.807, 2.05) is 13.8 Å². The normalized spacial score (nSPS) is 23.5. The molecule has 1 aliphatic carbocycles. The SMILES string of the molecule is COC(=O)[C@H]1CC[C@H](n2c([C@@H]3CCCC(=O)N3)nc3cc(-c4c(C)noc4C)ccc32)CC1. The third kappa shape index (κ3) is 3.92. The van der Waals surface area contributed by atoms with Crippen molar-refractivity contribution in [1.82, 2.24) is 20.0 Å². The van der Waals surface area contributed by atoms with E-state index in [2.05, 4.69) is 33.2 Å². The lowest BCUT2D eigenvalue weighted by atomic mass is 9.85. The van der Waals surface area contributed by atoms with Gasteiger partial charge in [-0.3, -0.25) is 9.59 Å². The van der Waals surface area contributed by atoms with Crippen LogP contribution in [0, 0.1) is 19.8 Å². The molecule has 1 atom stereocenters. The number of aromatic nitrogens is 3. The molecule has 0 bridgehead atoms. The van der Waals surface area contributed by atoms with Crippen molar-refractivity contribution in [3.05, 3.63) is 35.5 Å². The van der Waals surface area contributed by atoms with Crippen molar-refractivity contribution in [2.45, 2.75) is 70.9 Å². The lowest BCUT2D eigenvalue weighted by Crippen LogP contribution is -2.35. The maximum atomic E-state index is 12.2. The van der Waals surface area contributed by atoms with E-state index >= 15 is 0 Å². The van der Waals surface area contributed by atoms with E-state index in [1.54, 1.807) is 0 Å². The summed E-state index contributed by atoms with van der Waals surface area (Å²) in [5, 5.41) is 7.24. The third-order valence-corrected chi connectivity index (χ3v) is 7.18. The Morgan fingerprint density at radius 1 is 1.18 bits per heavy atom. The highest BCUT2D eigenvalue weighted by Crippen LogP contribution is 2.39. The van der Waals surface area contributed by atoms with Crippen LogP contribution in [-0.2, 0) is 14.3 Å². The highest BCUT2D eigenvalue weighted by molar-refractivity contribution is 5.84. The smallest absolute Gasteiger partial charge is 0.308 e. The van der Waals surface area contributed by atoms with E-state index in [9.17, 15) is 9.59 Å². The zero-order chi connectivity index (χ0) is 23.1. The van der Waals surface area contributed by atoms with Crippen molar-refractivity contribution in [3.63, 3.8) is 0 Å². The van der Waals surface area contributed by atoms with Gasteiger partial charge in [0.25, 0.3) is 0 Å². The Balaban J connectivity index is 1.56. The number of hydrogen-bond acceptors (Lipinski definition) is 6. The van der Waals surface area contributed by atoms with E-state index < -0.39 is 0 Å². The molecule has 1 aromatic carbocycles. The Bertz CT molecular complexity index is 1180. The van der Waals surface area contributed by atoms with Crippen molar-refractivity contribution in [1.29, 1.82) is 0 Å². The molecule has 2 aliphatic rings. The zero-order valence-electron chi connectivity index (χ0n) is 19.4. The van der Waals surface area contributed by atoms with E-state index in [1.165, 1.54) is 7.11 Å². The fraction of sp³-hybridized carbons (Fsp3) is 0.520. The maximum Gasteiger partial charge on any atom is 0.308 e. The number of amides is 1. The van der Waals surface area contributed by atoms with Gasteiger partial charge in [-0.1, -0.05) is 11.2 Å². The molecular formula is C25H30N4O4. The molecule has 0 spiro atoms. The van der Waals surface area contributed by atoms with Crippen LogP contribution in [0.1, 0.15) is 74.3 Å². The summed E-state index contributed by atoms with van der Waals surface area (Å²) in [6.07, 6.45) is 5.66. The van der Waals surface area contributed by atoms with Gasteiger partial charge in [-0.05, 0) is 70.1 Å². The number of piperidine rings is 1. The van der Waals surface area contributed by atoms with Gasteiger partial charge >= 0.3 is 5.97 Å². The van der Waals surface area contributed by atoms with Crippen LogP contribution in [0.4, 0.5) is 0 Å². The molecule has 0 unspecified atom stereocenters. The number of methoxy groups -OCH3 is 1. The van der Waals surface area contributed by atoms with Crippen molar-refractivity contribution in [2.24, 2.45) is 5.92 Å². The fourth-order valence-electron chi connectivity index (χ4n) is 5.53. The highest BCUT2D eigenvalue weighted by atomic mass is 16.5. The molecule has 3 heterocycles. The van der Waals surface area contributed by atoms with Gasteiger partial charge in [-0.2, -0.15) is 0 Å². The van der Waals surface area contributed by atoms with Gasteiger partial charge in [0.2, 0.25) is 5.91 Å². The summed E-state index contributed by atoms with van der Waals surface area (Å²) in [7, 11) is 1.46. The molecule has 1 saturated heterocycles. The van der Waals surface area contributed by atoms with E-state index in [0.29, 0.717) is 6.42 Å². The summed E-state index contributed by atoms with van der Waals surface area (Å²) in [5.74, 6) is 1.62. The molecule has 2 fully saturated rings. The molecular weight excluding hydrogens is 420 g/mol. The first-order valence-corrected chi connectivity index (χ1v) is 11.8. The first kappa shape index (κ1) is 21.7. The number of carbonyl (C=O) groups excluding carboxylic acids is 2. The van der Waals surface area contributed by atoms with Gasteiger partial charge in [0.05, 0.1) is 35.8 Å². The first-order chi connectivity index (χ1) is 16.0. The summed E-state index contributed by atoms with van der Waals surface area (Å²) >= 11 is 0. The summed E-state index contributed by atoms with van der Waals surface area (Å²) < 4.78 is 12.7. The van der Waals surface area contributed by atoms with Crippen LogP contribution < -0.4 is 5.32 Å². The number of nitrogens with one attached hydrogen (secondary N) is 1. The molecule has 8 nitrogen and oxygen atoms in total. The Hall–Kier alpha value is -3.16. The van der Waals surface area contributed by atoms with Crippen molar-refractivity contribution in [2.75, 3.05) is 7.11 Å². The second kappa shape index (κ2) is 8.65. The Kier molecular flexibility index (Phi) is 5.68. The van der Waals surface area contributed by atoms with Crippen LogP contribution in [0.15, 0.2) is 22.7 Å². The van der Waals surface area contributed by atoms with E-state index in [0.717, 1.165) is 78.0 Å². The number of hydrogen-bond donors (Lipinski definition) is 1. The lowest BCUT2D eigenvalue weighted by Gasteiger charge is -2.31. The largest absolute Gasteiger partial charge is 0.469 e. The maximum absolute atomic E-state index is 12.2. The molecule has 1 N–H and O–H groups in total. The number of rotatable bonds is 4. The standard InChI is InChI=1S/C25H30N4O4/c1-14-23(15(2)33-28-14)17-9-12-21-20(13-17)27-24(19-5-4-6-22(30)26-19)29(21)18-10-7-16(8-11-18)25(31)32-3/h9,12-13,16,18-19H,4-8,10-11H2,1-3H3,(H,26,30)/t16-,18-,19-/m0/s1. The number of carbonyl (C=O) groups is 2. The van der Waals surface area contributed by atoms with Gasteiger partial charge in [-0.25, -0.2) is 4.98 Å². The molecule has 2 aromatic heterocycles. The Labute approximate surface area is 192 Å². The average molecular weight is 451 g/mol. The van der Waals surface area contributed by atoms with Crippen LogP contribution in [0.2, 0.25) is 0 Å². The van der Waals surface area contributed by atoms with Gasteiger partial charge < -0.3 is 19.1 Å². The predicted molar refractivity (Wildman–Crippen MR) is 122 cm³/mol. The second-order valence-electron chi connectivity index (χ2n) is 9.28. The summed E-state index contributed by atoms with van der Waals surface area (Å²) in [6.45, 7) is 3.86. The molecule has 0 radical (unpaired) electrons. The van der Waals surface area contributed by atoms with Crippen LogP contribution in [0.5, 0.6) is 0 Å². The monoisotopic (exact) mass is 450 g/mol. The fourth-order valence-corrected chi connectivity index (χ4v) is 5.53. The minimum absolute atomic E-state index is 0.0370. The minimum Gasteiger partial charge on any atom is -0.469 e. The van der Waals surface area contributed by atoms with Gasteiger partial charge in [0, 0.05) is 18.0 Å². The van der Waals surface area contributed by atoms with Crippen LogP contribution in [0.3, 0.4) is 0 Å². The number of benzene rings is 1. The second-order valence-corrected chi connectivity index (χ2v) is 9.28. The zero-order valence-corrected chi connectivity index (χ0v) is 19.4. The average Bonchev–Trinajstić information content (AvgIpc) is 3.37. The molecule has 174 valence electrons. The van der Waals surface area contributed by atoms with Crippen LogP contribution in [0.25, 0.3) is 22.2 Å². The number of nitrogens with zero attached hydrogens (tertiary/aromatic N) is 3. The topological polar surface area (TPSA) is 99.2 Å². The Morgan fingerprint density at radius 3 is 2.64 bits per heavy atom. The predicted octanol–water partition coefficient (Wildman–Crippen LogP) is 4.55. The highest BCUT2D eigenvalue weighted by Gasteiger charge is 2.32. The summed E-state index contributed by atoms with van der Waals surface area (Å²) in [6, 6.07) is 6.43. The van der Waals surface area contributed by atoms with Gasteiger partial charge in [0.1, 0.15) is 11.6 Å². The number of fused-ring (bicyclic) bond motifs is 1. The minimum atomic E-state index is -0.118. The number of aryl methyl sites for hydroxylation is 2.